The molecule has 1 aromatic carbocycles. The number of anilines is 1. The van der Waals surface area contributed by atoms with Gasteiger partial charge in [0.2, 0.25) is 5.91 Å². The van der Waals surface area contributed by atoms with Gasteiger partial charge in [-0.05, 0) is 43.7 Å². The number of likely N-dealkylation sites (tertiary alicyclic amines) is 1. The van der Waals surface area contributed by atoms with Gasteiger partial charge in [0, 0.05) is 42.7 Å². The van der Waals surface area contributed by atoms with E-state index < -0.39 is 0 Å². The van der Waals surface area contributed by atoms with Gasteiger partial charge < -0.3 is 20.9 Å². The molecule has 1 saturated heterocycles. The molecule has 2 aliphatic heterocycles. The lowest BCUT2D eigenvalue weighted by atomic mass is 9.75. The summed E-state index contributed by atoms with van der Waals surface area (Å²) in [5, 5.41) is 9.97. The maximum absolute atomic E-state index is 14.1. The number of urea groups is 1. The number of benzene rings is 1. The molecule has 3 amide bonds. The number of nitrogens with zero attached hydrogens (tertiary/aromatic N) is 1. The van der Waals surface area contributed by atoms with Crippen LogP contribution >= 0.6 is 0 Å². The van der Waals surface area contributed by atoms with Gasteiger partial charge in [-0.25, -0.2) is 4.79 Å². The Kier molecular flexibility index (Phi) is 7.45. The summed E-state index contributed by atoms with van der Waals surface area (Å²) in [6, 6.07) is 8.73. The highest BCUT2D eigenvalue weighted by Crippen LogP contribution is 2.49. The maximum atomic E-state index is 14.1. The van der Waals surface area contributed by atoms with Crippen molar-refractivity contribution in [2.24, 2.45) is 17.8 Å². The summed E-state index contributed by atoms with van der Waals surface area (Å²) in [5.74, 6) is 0.914. The normalized spacial score (nSPS) is 31.3. The maximum Gasteiger partial charge on any atom is 0.315 e. The topological polar surface area (TPSA) is 73.5 Å². The van der Waals surface area contributed by atoms with E-state index in [1.807, 2.05) is 0 Å². The van der Waals surface area contributed by atoms with Crippen molar-refractivity contribution in [1.29, 1.82) is 0 Å². The molecular weight excluding hydrogens is 436 g/mol. The Balaban J connectivity index is 1.36. The number of carbonyl (C=O) groups excluding carboxylic acids is 2. The average molecular weight is 477 g/mol. The summed E-state index contributed by atoms with van der Waals surface area (Å²) >= 11 is 0. The first-order chi connectivity index (χ1) is 17.2. The van der Waals surface area contributed by atoms with E-state index in [4.69, 9.17) is 0 Å². The molecule has 0 spiro atoms. The molecule has 1 unspecified atom stereocenters. The lowest BCUT2D eigenvalue weighted by Crippen LogP contribution is -2.52. The van der Waals surface area contributed by atoms with Gasteiger partial charge in [-0.3, -0.25) is 4.79 Å². The summed E-state index contributed by atoms with van der Waals surface area (Å²) in [7, 11) is 0. The number of unbranched alkanes of at least 4 members (excludes halogenated alkanes) is 1. The third-order valence-corrected chi connectivity index (χ3v) is 8.48. The molecule has 0 bridgehead atoms. The highest BCUT2D eigenvalue weighted by molar-refractivity contribution is 5.82. The molecule has 1 saturated carbocycles. The molecule has 0 aromatic heterocycles. The molecule has 6 heteroatoms. The van der Waals surface area contributed by atoms with Crippen molar-refractivity contribution >= 4 is 17.6 Å². The summed E-state index contributed by atoms with van der Waals surface area (Å²) in [6.45, 7) is 3.59. The largest absolute Gasteiger partial charge is 0.381 e. The highest BCUT2D eigenvalue weighted by Gasteiger charge is 2.49. The smallest absolute Gasteiger partial charge is 0.315 e. The van der Waals surface area contributed by atoms with E-state index in [1.54, 1.807) is 0 Å². The van der Waals surface area contributed by atoms with E-state index in [-0.39, 0.29) is 29.9 Å². The number of carbonyl (C=O) groups is 2. The molecule has 1 aromatic rings. The van der Waals surface area contributed by atoms with E-state index >= 15 is 0 Å². The molecule has 2 fully saturated rings. The van der Waals surface area contributed by atoms with Crippen molar-refractivity contribution in [3.05, 3.63) is 54.1 Å². The van der Waals surface area contributed by atoms with E-state index in [0.717, 1.165) is 63.6 Å². The predicted molar refractivity (Wildman–Crippen MR) is 140 cm³/mol. The Bertz CT molecular complexity index is 973. The van der Waals surface area contributed by atoms with Gasteiger partial charge in [-0.15, -0.1) is 0 Å². The lowest BCUT2D eigenvalue weighted by Gasteiger charge is -2.44. The molecule has 6 nitrogen and oxygen atoms in total. The van der Waals surface area contributed by atoms with Crippen LogP contribution in [-0.2, 0) is 4.79 Å². The number of hydrogen-bond donors (Lipinski definition) is 3. The van der Waals surface area contributed by atoms with Crippen LogP contribution in [0.1, 0.15) is 69.9 Å². The van der Waals surface area contributed by atoms with Gasteiger partial charge in [0.05, 0.1) is 12.0 Å². The van der Waals surface area contributed by atoms with Crippen LogP contribution in [0.15, 0.2) is 48.6 Å². The summed E-state index contributed by atoms with van der Waals surface area (Å²) < 4.78 is 0. The number of nitrogens with one attached hydrogen (secondary N) is 3. The third-order valence-electron chi connectivity index (χ3n) is 8.48. The molecule has 3 N–H and O–H groups in total. The van der Waals surface area contributed by atoms with Crippen LogP contribution in [0.2, 0.25) is 0 Å². The SMILES string of the molecule is CCCCNC(=O)N[C@@H]1CCCC[C@@H]1C(=O)N1CC[C@@H]2[C@H](C3C=CC=CC3)Nc3ccccc3[C@@H]21. The molecule has 2 heterocycles. The fraction of sp³-hybridized carbons (Fsp3) is 0.586. The summed E-state index contributed by atoms with van der Waals surface area (Å²) in [6.07, 6.45) is 16.8. The van der Waals surface area contributed by atoms with Crippen LogP contribution in [0.25, 0.3) is 0 Å². The number of allylic oxidation sites excluding steroid dienone is 3. The number of rotatable bonds is 6. The molecule has 2 aliphatic carbocycles. The van der Waals surface area contributed by atoms with Crippen LogP contribution in [0.5, 0.6) is 0 Å². The Morgan fingerprint density at radius 3 is 2.80 bits per heavy atom. The fourth-order valence-corrected chi connectivity index (χ4v) is 6.71. The minimum Gasteiger partial charge on any atom is -0.381 e. The number of para-hydroxylation sites is 1. The highest BCUT2D eigenvalue weighted by atomic mass is 16.2. The second-order valence-electron chi connectivity index (χ2n) is 10.7. The molecule has 5 rings (SSSR count). The van der Waals surface area contributed by atoms with Crippen LogP contribution in [0.4, 0.5) is 10.5 Å². The minimum absolute atomic E-state index is 0.0869. The number of hydrogen-bond acceptors (Lipinski definition) is 3. The quantitative estimate of drug-likeness (QED) is 0.497. The Labute approximate surface area is 209 Å². The first-order valence-corrected chi connectivity index (χ1v) is 13.7. The average Bonchev–Trinajstić information content (AvgIpc) is 3.34. The van der Waals surface area contributed by atoms with Crippen LogP contribution in [0, 0.1) is 17.8 Å². The van der Waals surface area contributed by atoms with Gasteiger partial charge in [-0.1, -0.05) is 68.7 Å². The van der Waals surface area contributed by atoms with Gasteiger partial charge >= 0.3 is 6.03 Å². The van der Waals surface area contributed by atoms with Crippen molar-refractivity contribution in [2.75, 3.05) is 18.4 Å². The van der Waals surface area contributed by atoms with Crippen LogP contribution in [0.3, 0.4) is 0 Å². The van der Waals surface area contributed by atoms with Crippen molar-refractivity contribution in [3.8, 4) is 0 Å². The third kappa shape index (κ3) is 4.98. The van der Waals surface area contributed by atoms with E-state index in [2.05, 4.69) is 76.3 Å². The number of amides is 3. The zero-order valence-corrected chi connectivity index (χ0v) is 20.9. The molecule has 35 heavy (non-hydrogen) atoms. The predicted octanol–water partition coefficient (Wildman–Crippen LogP) is 5.16. The monoisotopic (exact) mass is 476 g/mol. The van der Waals surface area contributed by atoms with Crippen molar-refractivity contribution in [1.82, 2.24) is 15.5 Å². The van der Waals surface area contributed by atoms with E-state index in [1.165, 1.54) is 5.56 Å². The Hall–Kier alpha value is -2.76. The molecular formula is C29H40N4O2. The molecule has 4 aliphatic rings. The minimum atomic E-state index is -0.141. The van der Waals surface area contributed by atoms with Gasteiger partial charge in [0.25, 0.3) is 0 Å². The van der Waals surface area contributed by atoms with Gasteiger partial charge in [0.1, 0.15) is 0 Å². The Morgan fingerprint density at radius 1 is 1.11 bits per heavy atom. The zero-order chi connectivity index (χ0) is 24.2. The first-order valence-electron chi connectivity index (χ1n) is 13.7. The van der Waals surface area contributed by atoms with Crippen molar-refractivity contribution in [3.63, 3.8) is 0 Å². The van der Waals surface area contributed by atoms with E-state index in [9.17, 15) is 9.59 Å². The molecule has 6 atom stereocenters. The summed E-state index contributed by atoms with van der Waals surface area (Å²) in [5.41, 5.74) is 2.41. The van der Waals surface area contributed by atoms with Crippen molar-refractivity contribution < 1.29 is 9.59 Å². The zero-order valence-electron chi connectivity index (χ0n) is 20.9. The van der Waals surface area contributed by atoms with Crippen LogP contribution in [-0.4, -0.2) is 42.0 Å². The summed E-state index contributed by atoms with van der Waals surface area (Å²) in [4.78, 5) is 28.8. The first kappa shape index (κ1) is 24.0. The lowest BCUT2D eigenvalue weighted by molar-refractivity contribution is -0.138. The van der Waals surface area contributed by atoms with Crippen molar-refractivity contribution in [2.45, 2.75) is 76.4 Å². The molecule has 188 valence electrons. The van der Waals surface area contributed by atoms with Gasteiger partial charge in [0.15, 0.2) is 0 Å². The fourth-order valence-electron chi connectivity index (χ4n) is 6.71. The van der Waals surface area contributed by atoms with Gasteiger partial charge in [-0.2, -0.15) is 0 Å². The molecule has 0 radical (unpaired) electrons. The van der Waals surface area contributed by atoms with E-state index in [0.29, 0.717) is 24.4 Å². The second kappa shape index (κ2) is 10.9. The standard InChI is InChI=1S/C29H40N4O2/c1-2-3-18-30-29(35)32-25-16-10-8-14-22(25)28(34)33-19-17-23-26(20-11-5-4-6-12-20)31-24-15-9-7-13-21(24)27(23)33/h4-7,9,11,13,15,20,22-23,25-27,31H,2-3,8,10,12,14,16-19H2,1H3,(H2,30,32,35)/t20?,22-,23+,25+,26-,27-/m0/s1. The van der Waals surface area contributed by atoms with Crippen LogP contribution < -0.4 is 16.0 Å². The Morgan fingerprint density at radius 2 is 1.97 bits per heavy atom. The number of fused-ring (bicyclic) bond motifs is 3. The second-order valence-corrected chi connectivity index (χ2v) is 10.7.